The maximum absolute atomic E-state index is 13.2. The third-order valence-electron chi connectivity index (χ3n) is 3.10. The van der Waals surface area contributed by atoms with E-state index >= 15 is 0 Å². The Labute approximate surface area is 123 Å². The molecule has 2 rings (SSSR count). The lowest BCUT2D eigenvalue weighted by Gasteiger charge is -2.07. The van der Waals surface area contributed by atoms with Crippen LogP contribution < -0.4 is 5.32 Å². The fourth-order valence-electron chi connectivity index (χ4n) is 1.95. The van der Waals surface area contributed by atoms with Gasteiger partial charge in [-0.2, -0.15) is 0 Å². The first-order chi connectivity index (χ1) is 9.72. The van der Waals surface area contributed by atoms with Crippen LogP contribution in [0.4, 0.5) is 4.39 Å². The lowest BCUT2D eigenvalue weighted by atomic mass is 10.1. The van der Waals surface area contributed by atoms with Gasteiger partial charge in [0.2, 0.25) is 0 Å². The number of thioether (sulfide) groups is 1. The molecular weight excluding hydrogens is 273 g/mol. The topological polar surface area (TPSA) is 32.3 Å². The first kappa shape index (κ1) is 15.0. The van der Waals surface area contributed by atoms with Crippen molar-refractivity contribution in [1.82, 2.24) is 5.32 Å². The molecule has 0 saturated carbocycles. The molecule has 0 amide bonds. The summed E-state index contributed by atoms with van der Waals surface area (Å²) in [5.41, 5.74) is 2.53. The number of halogens is 1. The molecule has 0 unspecified atom stereocenters. The van der Waals surface area contributed by atoms with Crippen molar-refractivity contribution in [3.63, 3.8) is 0 Å². The van der Waals surface area contributed by atoms with Crippen molar-refractivity contribution in [3.05, 3.63) is 65.0 Å². The predicted molar refractivity (Wildman–Crippen MR) is 81.1 cm³/mol. The molecule has 2 aromatic carbocycles. The molecule has 0 spiro atoms. The fourth-order valence-corrected chi connectivity index (χ4v) is 2.36. The van der Waals surface area contributed by atoms with Crippen LogP contribution in [0.15, 0.2) is 47.4 Å². The van der Waals surface area contributed by atoms with E-state index in [1.807, 2.05) is 0 Å². The molecule has 2 N–H and O–H groups in total. The highest BCUT2D eigenvalue weighted by atomic mass is 32.2. The van der Waals surface area contributed by atoms with Crippen LogP contribution in [0.25, 0.3) is 0 Å². The Balaban J connectivity index is 1.88. The number of rotatable bonds is 6. The third kappa shape index (κ3) is 4.07. The molecular formula is C16H18FNOS. The van der Waals surface area contributed by atoms with Gasteiger partial charge in [0.05, 0.1) is 6.61 Å². The number of hydrogen-bond acceptors (Lipinski definition) is 3. The maximum Gasteiger partial charge on any atom is 0.128 e. The second-order valence-corrected chi connectivity index (χ2v) is 5.42. The number of aliphatic hydroxyl groups excluding tert-OH is 1. The van der Waals surface area contributed by atoms with Crippen LogP contribution in [0, 0.1) is 5.82 Å². The van der Waals surface area contributed by atoms with E-state index in [2.05, 4.69) is 35.8 Å². The number of hydrogen-bond donors (Lipinski definition) is 2. The lowest BCUT2D eigenvalue weighted by molar-refractivity contribution is 0.275. The molecule has 0 atom stereocenters. The van der Waals surface area contributed by atoms with Crippen LogP contribution in [0.1, 0.15) is 16.7 Å². The van der Waals surface area contributed by atoms with Crippen LogP contribution >= 0.6 is 11.8 Å². The average Bonchev–Trinajstić information content (AvgIpc) is 2.49. The molecule has 106 valence electrons. The van der Waals surface area contributed by atoms with E-state index < -0.39 is 0 Å². The van der Waals surface area contributed by atoms with E-state index in [9.17, 15) is 4.39 Å². The lowest BCUT2D eigenvalue weighted by Crippen LogP contribution is -2.13. The highest BCUT2D eigenvalue weighted by Crippen LogP contribution is 2.15. The summed E-state index contributed by atoms with van der Waals surface area (Å²) in [5, 5.41) is 12.3. The number of aliphatic hydroxyl groups is 1. The van der Waals surface area contributed by atoms with Gasteiger partial charge in [-0.15, -0.1) is 11.8 Å². The van der Waals surface area contributed by atoms with Crippen LogP contribution in [-0.4, -0.2) is 11.4 Å². The van der Waals surface area contributed by atoms with Gasteiger partial charge in [-0.05, 0) is 41.6 Å². The highest BCUT2D eigenvalue weighted by molar-refractivity contribution is 7.98. The van der Waals surface area contributed by atoms with Gasteiger partial charge in [-0.3, -0.25) is 0 Å². The monoisotopic (exact) mass is 291 g/mol. The minimum Gasteiger partial charge on any atom is -0.392 e. The molecule has 0 fully saturated rings. The summed E-state index contributed by atoms with van der Waals surface area (Å²) in [4.78, 5) is 1.25. The highest BCUT2D eigenvalue weighted by Gasteiger charge is 2.02. The zero-order valence-electron chi connectivity index (χ0n) is 11.4. The Bertz CT molecular complexity index is 557. The van der Waals surface area contributed by atoms with Gasteiger partial charge >= 0.3 is 0 Å². The Morgan fingerprint density at radius 1 is 1.05 bits per heavy atom. The van der Waals surface area contributed by atoms with E-state index in [-0.39, 0.29) is 12.4 Å². The normalized spacial score (nSPS) is 10.8. The van der Waals surface area contributed by atoms with E-state index in [1.165, 1.54) is 16.5 Å². The minimum absolute atomic E-state index is 0.268. The first-order valence-electron chi connectivity index (χ1n) is 6.44. The summed E-state index contributed by atoms with van der Waals surface area (Å²) in [6.07, 6.45) is 2.06. The Morgan fingerprint density at radius 2 is 1.70 bits per heavy atom. The summed E-state index contributed by atoms with van der Waals surface area (Å²) >= 11 is 1.72. The molecule has 0 bridgehead atoms. The summed E-state index contributed by atoms with van der Waals surface area (Å²) < 4.78 is 13.2. The van der Waals surface area contributed by atoms with E-state index in [1.54, 1.807) is 23.9 Å². The van der Waals surface area contributed by atoms with Gasteiger partial charge in [0.1, 0.15) is 5.82 Å². The van der Waals surface area contributed by atoms with E-state index in [0.29, 0.717) is 12.1 Å². The molecule has 2 nitrogen and oxygen atoms in total. The number of nitrogens with one attached hydrogen (secondary N) is 1. The molecule has 0 aliphatic heterocycles. The van der Waals surface area contributed by atoms with Crippen LogP contribution in [0.3, 0.4) is 0 Å². The van der Waals surface area contributed by atoms with Crippen molar-refractivity contribution < 1.29 is 9.50 Å². The molecule has 0 saturated heterocycles. The van der Waals surface area contributed by atoms with Gasteiger partial charge in [-0.25, -0.2) is 4.39 Å². The molecule has 0 aliphatic rings. The van der Waals surface area contributed by atoms with Crippen molar-refractivity contribution in [3.8, 4) is 0 Å². The molecule has 0 radical (unpaired) electrons. The summed E-state index contributed by atoms with van der Waals surface area (Å²) in [7, 11) is 0. The number of benzene rings is 2. The fraction of sp³-hybridized carbons (Fsp3) is 0.250. The zero-order chi connectivity index (χ0) is 14.4. The van der Waals surface area contributed by atoms with Crippen LogP contribution in [0.2, 0.25) is 0 Å². The molecule has 0 aromatic heterocycles. The van der Waals surface area contributed by atoms with Crippen molar-refractivity contribution in [2.24, 2.45) is 0 Å². The van der Waals surface area contributed by atoms with E-state index in [0.717, 1.165) is 12.1 Å². The molecule has 20 heavy (non-hydrogen) atoms. The quantitative estimate of drug-likeness (QED) is 0.801. The second-order valence-electron chi connectivity index (χ2n) is 4.54. The average molecular weight is 291 g/mol. The molecule has 2 aromatic rings. The van der Waals surface area contributed by atoms with Crippen molar-refractivity contribution in [1.29, 1.82) is 0 Å². The van der Waals surface area contributed by atoms with Crippen LogP contribution in [-0.2, 0) is 19.7 Å². The summed E-state index contributed by atoms with van der Waals surface area (Å²) in [5.74, 6) is -0.357. The van der Waals surface area contributed by atoms with E-state index in [4.69, 9.17) is 5.11 Å². The van der Waals surface area contributed by atoms with Gasteiger partial charge in [0.25, 0.3) is 0 Å². The maximum atomic E-state index is 13.2. The molecule has 4 heteroatoms. The second kappa shape index (κ2) is 7.43. The van der Waals surface area contributed by atoms with Gasteiger partial charge in [0.15, 0.2) is 0 Å². The largest absolute Gasteiger partial charge is 0.392 e. The zero-order valence-corrected chi connectivity index (χ0v) is 12.2. The third-order valence-corrected chi connectivity index (χ3v) is 3.84. The SMILES string of the molecule is CSc1ccc(CNCc2ccc(F)c(CO)c2)cc1. The first-order valence-corrected chi connectivity index (χ1v) is 7.67. The standard InChI is InChI=1S/C16H18FNOS/c1-20-15-5-2-12(3-6-15)9-18-10-13-4-7-16(17)14(8-13)11-19/h2-8,18-19H,9-11H2,1H3. The van der Waals surface area contributed by atoms with Crippen molar-refractivity contribution >= 4 is 11.8 Å². The Kier molecular flexibility index (Phi) is 5.59. The van der Waals surface area contributed by atoms with Crippen LogP contribution in [0.5, 0.6) is 0 Å². The minimum atomic E-state index is -0.357. The molecule has 0 heterocycles. The Morgan fingerprint density at radius 3 is 2.35 bits per heavy atom. The summed E-state index contributed by atoms with van der Waals surface area (Å²) in [6, 6.07) is 13.2. The summed E-state index contributed by atoms with van der Waals surface area (Å²) in [6.45, 7) is 1.15. The van der Waals surface area contributed by atoms with Gasteiger partial charge < -0.3 is 10.4 Å². The Hall–Kier alpha value is -1.36. The van der Waals surface area contributed by atoms with Crippen molar-refractivity contribution in [2.45, 2.75) is 24.6 Å². The van der Waals surface area contributed by atoms with Gasteiger partial charge in [-0.1, -0.05) is 18.2 Å². The van der Waals surface area contributed by atoms with Crippen molar-refractivity contribution in [2.75, 3.05) is 6.26 Å². The predicted octanol–water partition coefficient (Wildman–Crippen LogP) is 3.33. The molecule has 0 aliphatic carbocycles. The van der Waals surface area contributed by atoms with Gasteiger partial charge in [0, 0.05) is 23.5 Å². The smallest absolute Gasteiger partial charge is 0.128 e.